The van der Waals surface area contributed by atoms with Crippen molar-refractivity contribution in [2.45, 2.75) is 13.0 Å². The van der Waals surface area contributed by atoms with Crippen LogP contribution in [0.25, 0.3) is 5.78 Å². The summed E-state index contributed by atoms with van der Waals surface area (Å²) in [6.45, 7) is 1.27. The number of carbonyl (C=O) groups is 2. The summed E-state index contributed by atoms with van der Waals surface area (Å²) in [6, 6.07) is 0. The van der Waals surface area contributed by atoms with E-state index >= 15 is 0 Å². The van der Waals surface area contributed by atoms with E-state index in [-0.39, 0.29) is 12.1 Å². The van der Waals surface area contributed by atoms with E-state index in [0.29, 0.717) is 11.5 Å². The summed E-state index contributed by atoms with van der Waals surface area (Å²) < 4.78 is 1.39. The third kappa shape index (κ3) is 2.50. The second-order valence-electron chi connectivity index (χ2n) is 3.79. The van der Waals surface area contributed by atoms with Gasteiger partial charge in [-0.25, -0.2) is 14.3 Å². The second kappa shape index (κ2) is 4.98. The number of carboxylic acid groups (broad SMARTS) is 1. The van der Waals surface area contributed by atoms with Crippen LogP contribution in [-0.4, -0.2) is 54.3 Å². The monoisotopic (exact) mass is 265 g/mol. The maximum absolute atomic E-state index is 11.8. The predicted molar refractivity (Wildman–Crippen MR) is 61.5 cm³/mol. The molecule has 0 aliphatic carbocycles. The van der Waals surface area contributed by atoms with Gasteiger partial charge in [0.05, 0.1) is 17.8 Å². The van der Waals surface area contributed by atoms with E-state index in [1.165, 1.54) is 17.0 Å². The van der Waals surface area contributed by atoms with Gasteiger partial charge in [0.25, 0.3) is 11.7 Å². The van der Waals surface area contributed by atoms with Crippen LogP contribution in [0.3, 0.4) is 0 Å². The molecule has 2 rings (SSSR count). The molecule has 2 aromatic heterocycles. The van der Waals surface area contributed by atoms with Gasteiger partial charge >= 0.3 is 5.97 Å². The molecule has 1 unspecified atom stereocenters. The minimum Gasteiger partial charge on any atom is -0.479 e. The van der Waals surface area contributed by atoms with E-state index in [1.54, 1.807) is 6.92 Å². The highest BCUT2D eigenvalue weighted by atomic mass is 16.4. The molecule has 9 heteroatoms. The molecule has 1 amide bonds. The van der Waals surface area contributed by atoms with Gasteiger partial charge in [-0.15, -0.1) is 0 Å². The Bertz CT molecular complexity index is 638. The van der Waals surface area contributed by atoms with Crippen molar-refractivity contribution in [3.63, 3.8) is 0 Å². The zero-order valence-electron chi connectivity index (χ0n) is 9.94. The van der Waals surface area contributed by atoms with Crippen LogP contribution in [0.5, 0.6) is 0 Å². The lowest BCUT2D eigenvalue weighted by Gasteiger charge is -2.09. The van der Waals surface area contributed by atoms with Crippen molar-refractivity contribution in [1.82, 2.24) is 24.9 Å². The molecule has 0 saturated carbocycles. The minimum absolute atomic E-state index is 0.232. The molecule has 0 aromatic carbocycles. The minimum atomic E-state index is -1.65. The summed E-state index contributed by atoms with van der Waals surface area (Å²) in [5, 5.41) is 23.8. The van der Waals surface area contributed by atoms with Crippen LogP contribution < -0.4 is 5.32 Å². The van der Waals surface area contributed by atoms with Crippen molar-refractivity contribution in [3.05, 3.63) is 23.8 Å². The first-order valence-electron chi connectivity index (χ1n) is 5.35. The Hall–Kier alpha value is -2.55. The number of carboxylic acids is 1. The molecule has 0 aliphatic rings. The predicted octanol–water partition coefficient (Wildman–Crippen LogP) is -1.39. The van der Waals surface area contributed by atoms with Crippen molar-refractivity contribution in [2.24, 2.45) is 0 Å². The second-order valence-corrected chi connectivity index (χ2v) is 3.79. The highest BCUT2D eigenvalue weighted by Crippen LogP contribution is 2.07. The fourth-order valence-electron chi connectivity index (χ4n) is 1.48. The maximum atomic E-state index is 11.8. The average molecular weight is 265 g/mol. The van der Waals surface area contributed by atoms with Gasteiger partial charge in [-0.1, -0.05) is 0 Å². The van der Waals surface area contributed by atoms with E-state index in [4.69, 9.17) is 10.2 Å². The SMILES string of the molecule is Cc1c(C(=O)NCC(O)C(=O)O)cnc2ncnn12. The number of aromatic nitrogens is 4. The van der Waals surface area contributed by atoms with Gasteiger partial charge in [-0.05, 0) is 6.92 Å². The molecule has 0 radical (unpaired) electrons. The molecule has 0 spiro atoms. The Balaban J connectivity index is 2.17. The van der Waals surface area contributed by atoms with E-state index in [1.807, 2.05) is 0 Å². The Morgan fingerprint density at radius 2 is 2.21 bits per heavy atom. The van der Waals surface area contributed by atoms with Crippen LogP contribution >= 0.6 is 0 Å². The molecule has 19 heavy (non-hydrogen) atoms. The lowest BCUT2D eigenvalue weighted by Crippen LogP contribution is -2.37. The number of aryl methyl sites for hydroxylation is 1. The van der Waals surface area contributed by atoms with Crippen LogP contribution in [0, 0.1) is 6.92 Å². The van der Waals surface area contributed by atoms with Crippen molar-refractivity contribution < 1.29 is 19.8 Å². The number of nitrogens with one attached hydrogen (secondary N) is 1. The molecule has 1 atom stereocenters. The molecular weight excluding hydrogens is 254 g/mol. The average Bonchev–Trinajstić information content (AvgIpc) is 2.85. The summed E-state index contributed by atoms with van der Waals surface area (Å²) in [5.41, 5.74) is 0.750. The van der Waals surface area contributed by atoms with Crippen LogP contribution in [-0.2, 0) is 4.79 Å². The topological polar surface area (TPSA) is 130 Å². The van der Waals surface area contributed by atoms with Gasteiger partial charge in [0.2, 0.25) is 0 Å². The first kappa shape index (κ1) is 12.9. The lowest BCUT2D eigenvalue weighted by atomic mass is 10.2. The fourth-order valence-corrected chi connectivity index (χ4v) is 1.48. The molecule has 0 saturated heterocycles. The van der Waals surface area contributed by atoms with Crippen molar-refractivity contribution in [2.75, 3.05) is 6.54 Å². The lowest BCUT2D eigenvalue weighted by molar-refractivity contribution is -0.146. The number of fused-ring (bicyclic) bond motifs is 1. The first-order chi connectivity index (χ1) is 9.00. The van der Waals surface area contributed by atoms with Crippen LogP contribution in [0.15, 0.2) is 12.5 Å². The fraction of sp³-hybridized carbons (Fsp3) is 0.300. The molecule has 2 aromatic rings. The summed E-state index contributed by atoms with van der Waals surface area (Å²) in [7, 11) is 0. The number of rotatable bonds is 4. The molecule has 9 nitrogen and oxygen atoms in total. The molecule has 0 fully saturated rings. The van der Waals surface area contributed by atoms with Gasteiger partial charge in [0.15, 0.2) is 6.10 Å². The van der Waals surface area contributed by atoms with E-state index < -0.39 is 18.0 Å². The Morgan fingerprint density at radius 1 is 1.47 bits per heavy atom. The third-order valence-corrected chi connectivity index (χ3v) is 2.53. The first-order valence-corrected chi connectivity index (χ1v) is 5.35. The number of aliphatic hydroxyl groups excluding tert-OH is 1. The Morgan fingerprint density at radius 3 is 2.89 bits per heavy atom. The molecule has 0 bridgehead atoms. The van der Waals surface area contributed by atoms with Crippen molar-refractivity contribution >= 4 is 17.7 Å². The zero-order valence-corrected chi connectivity index (χ0v) is 9.94. The van der Waals surface area contributed by atoms with Crippen molar-refractivity contribution in [1.29, 1.82) is 0 Å². The zero-order chi connectivity index (χ0) is 14.0. The Kier molecular flexibility index (Phi) is 3.38. The quantitative estimate of drug-likeness (QED) is 0.620. The van der Waals surface area contributed by atoms with E-state index in [2.05, 4.69) is 20.4 Å². The summed E-state index contributed by atoms with van der Waals surface area (Å²) in [4.78, 5) is 30.1. The van der Waals surface area contributed by atoms with Gasteiger partial charge in [0.1, 0.15) is 6.33 Å². The number of carbonyl (C=O) groups excluding carboxylic acids is 1. The van der Waals surface area contributed by atoms with Gasteiger partial charge in [-0.3, -0.25) is 4.79 Å². The number of aliphatic carboxylic acids is 1. The molecule has 2 heterocycles. The van der Waals surface area contributed by atoms with Crippen LogP contribution in [0.4, 0.5) is 0 Å². The van der Waals surface area contributed by atoms with Crippen LogP contribution in [0.2, 0.25) is 0 Å². The summed E-state index contributed by atoms with van der Waals surface area (Å²) in [6.07, 6.45) is 0.986. The Labute approximate surface area is 106 Å². The summed E-state index contributed by atoms with van der Waals surface area (Å²) >= 11 is 0. The number of hydrogen-bond donors (Lipinski definition) is 3. The standard InChI is InChI=1S/C10H11N5O4/c1-5-6(2-12-10-13-4-14-15(5)10)8(17)11-3-7(16)9(18)19/h2,4,7,16H,3H2,1H3,(H,11,17)(H,18,19). The number of amides is 1. The number of hydrogen-bond acceptors (Lipinski definition) is 6. The summed E-state index contributed by atoms with van der Waals surface area (Å²) in [5.74, 6) is -1.58. The van der Waals surface area contributed by atoms with Gasteiger partial charge < -0.3 is 15.5 Å². The molecular formula is C10H11N5O4. The van der Waals surface area contributed by atoms with Crippen LogP contribution in [0.1, 0.15) is 16.1 Å². The van der Waals surface area contributed by atoms with E-state index in [9.17, 15) is 9.59 Å². The third-order valence-electron chi connectivity index (χ3n) is 2.53. The largest absolute Gasteiger partial charge is 0.479 e. The number of nitrogens with zero attached hydrogens (tertiary/aromatic N) is 4. The highest BCUT2D eigenvalue weighted by molar-refractivity contribution is 5.95. The molecule has 3 N–H and O–H groups in total. The molecule has 100 valence electrons. The molecule has 0 aliphatic heterocycles. The van der Waals surface area contributed by atoms with E-state index in [0.717, 1.165) is 0 Å². The van der Waals surface area contributed by atoms with Crippen molar-refractivity contribution in [3.8, 4) is 0 Å². The van der Waals surface area contributed by atoms with Gasteiger partial charge in [0, 0.05) is 6.20 Å². The maximum Gasteiger partial charge on any atom is 0.334 e. The van der Waals surface area contributed by atoms with Gasteiger partial charge in [-0.2, -0.15) is 10.1 Å². The smallest absolute Gasteiger partial charge is 0.334 e. The normalized spacial score (nSPS) is 12.3. The highest BCUT2D eigenvalue weighted by Gasteiger charge is 2.17. The number of aliphatic hydroxyl groups is 1.